The van der Waals surface area contributed by atoms with Crippen molar-refractivity contribution in [2.24, 2.45) is 5.41 Å². The predicted octanol–water partition coefficient (Wildman–Crippen LogP) is 3.23. The van der Waals surface area contributed by atoms with E-state index in [1.807, 2.05) is 0 Å². The molecule has 4 aromatic rings. The van der Waals surface area contributed by atoms with E-state index in [0.717, 1.165) is 12.1 Å². The lowest BCUT2D eigenvalue weighted by Gasteiger charge is -2.54. The van der Waals surface area contributed by atoms with Gasteiger partial charge in [-0.15, -0.1) is 0 Å². The Balaban J connectivity index is 1.40. The van der Waals surface area contributed by atoms with Gasteiger partial charge in [0.25, 0.3) is 5.91 Å². The first-order valence-corrected chi connectivity index (χ1v) is 11.7. The number of benzene rings is 1. The minimum absolute atomic E-state index is 0.00332. The van der Waals surface area contributed by atoms with Crippen LogP contribution in [0.5, 0.6) is 0 Å². The molecule has 1 aromatic carbocycles. The molecule has 0 unspecified atom stereocenters. The molecule has 1 atom stereocenters. The monoisotopic (exact) mass is 512 g/mol. The van der Waals surface area contributed by atoms with Crippen LogP contribution in [0.3, 0.4) is 0 Å². The molecule has 2 aliphatic heterocycles. The van der Waals surface area contributed by atoms with Crippen LogP contribution in [0.1, 0.15) is 40.3 Å². The summed E-state index contributed by atoms with van der Waals surface area (Å²) < 4.78 is 46.9. The van der Waals surface area contributed by atoms with Crippen LogP contribution < -0.4 is 11.1 Å². The summed E-state index contributed by atoms with van der Waals surface area (Å²) in [5.41, 5.74) is 6.44. The number of alkyl halides is 3. The van der Waals surface area contributed by atoms with Gasteiger partial charge in [0.05, 0.1) is 41.2 Å². The number of nitrogens with zero attached hydrogens (tertiary/aromatic N) is 6. The van der Waals surface area contributed by atoms with E-state index in [9.17, 15) is 18.0 Å². The third-order valence-corrected chi connectivity index (χ3v) is 6.86. The van der Waals surface area contributed by atoms with Gasteiger partial charge in [0.2, 0.25) is 0 Å². The van der Waals surface area contributed by atoms with E-state index in [1.54, 1.807) is 24.8 Å². The average Bonchev–Trinajstić information content (AvgIpc) is 3.26. The molecule has 3 aromatic heterocycles. The highest BCUT2D eigenvalue weighted by molar-refractivity contribution is 6.05. The van der Waals surface area contributed by atoms with Crippen LogP contribution >= 0.6 is 0 Å². The molecule has 0 aliphatic carbocycles. The third-order valence-electron chi connectivity index (χ3n) is 6.86. The Hall–Kier alpha value is -4.00. The first-order valence-electron chi connectivity index (χ1n) is 11.7. The standard InChI is InChI=1S/C24H23F3N8O2/c1-12(14-3-15(24(25,26)27)5-16(28)4-14)31-19-17-6-18(22(36)34-7-23(8-34)9-37-10-23)20-29-11-30-35(20)21(17)33-13(2)32-19/h3-6,11-12H,7-10,28H2,1-2H3,(H,31,32,33)/t12-/m1/s1. The highest BCUT2D eigenvalue weighted by Gasteiger charge is 2.51. The van der Waals surface area contributed by atoms with Crippen molar-refractivity contribution in [3.05, 3.63) is 53.1 Å². The van der Waals surface area contributed by atoms with Crippen molar-refractivity contribution in [3.8, 4) is 0 Å². The lowest BCUT2D eigenvalue weighted by atomic mass is 9.78. The fourth-order valence-electron chi connectivity index (χ4n) is 4.95. The van der Waals surface area contributed by atoms with E-state index in [4.69, 9.17) is 10.5 Å². The summed E-state index contributed by atoms with van der Waals surface area (Å²) in [6.07, 6.45) is -3.18. The molecule has 0 radical (unpaired) electrons. The summed E-state index contributed by atoms with van der Waals surface area (Å²) in [5, 5.41) is 7.94. The maximum absolute atomic E-state index is 13.4. The number of aromatic nitrogens is 5. The Morgan fingerprint density at radius 2 is 1.92 bits per heavy atom. The molecule has 0 saturated carbocycles. The van der Waals surface area contributed by atoms with Gasteiger partial charge < -0.3 is 20.7 Å². The number of hydrogen-bond donors (Lipinski definition) is 2. The van der Waals surface area contributed by atoms with Crippen LogP contribution in [-0.2, 0) is 10.9 Å². The first kappa shape index (κ1) is 23.4. The molecule has 5 heterocycles. The normalized spacial score (nSPS) is 17.6. The molecule has 192 valence electrons. The number of rotatable bonds is 4. The van der Waals surface area contributed by atoms with Gasteiger partial charge in [-0.3, -0.25) is 4.79 Å². The zero-order valence-electron chi connectivity index (χ0n) is 20.0. The molecular formula is C24H23F3N8O2. The van der Waals surface area contributed by atoms with Crippen LogP contribution in [0.25, 0.3) is 16.7 Å². The smallest absolute Gasteiger partial charge is 0.399 e. The SMILES string of the molecule is Cc1nc(N[C@H](C)c2cc(N)cc(C(F)(F)F)c2)c2cc(C(=O)N3CC4(COC4)C3)c3ncnn3c2n1. The number of amides is 1. The maximum Gasteiger partial charge on any atom is 0.416 e. The van der Waals surface area contributed by atoms with Gasteiger partial charge in [0.1, 0.15) is 18.0 Å². The van der Waals surface area contributed by atoms with Gasteiger partial charge in [0.15, 0.2) is 11.3 Å². The molecule has 1 amide bonds. The zero-order chi connectivity index (χ0) is 26.1. The first-order chi connectivity index (χ1) is 17.5. The van der Waals surface area contributed by atoms with Crippen LogP contribution in [0.4, 0.5) is 24.7 Å². The van der Waals surface area contributed by atoms with Gasteiger partial charge in [-0.05, 0) is 43.7 Å². The van der Waals surface area contributed by atoms with Crippen molar-refractivity contribution < 1.29 is 22.7 Å². The summed E-state index contributed by atoms with van der Waals surface area (Å²) in [5.74, 6) is 0.573. The Labute approximate surface area is 208 Å². The number of nitrogens with one attached hydrogen (secondary N) is 1. The van der Waals surface area contributed by atoms with Gasteiger partial charge in [0, 0.05) is 18.8 Å². The maximum atomic E-state index is 13.4. The summed E-state index contributed by atoms with van der Waals surface area (Å²) in [6, 6.07) is 4.51. The van der Waals surface area contributed by atoms with Crippen LogP contribution in [0, 0.1) is 12.3 Å². The fourth-order valence-corrected chi connectivity index (χ4v) is 4.95. The van der Waals surface area contributed by atoms with Gasteiger partial charge >= 0.3 is 6.18 Å². The molecule has 2 fully saturated rings. The van der Waals surface area contributed by atoms with Crippen LogP contribution in [0.15, 0.2) is 30.6 Å². The number of fused-ring (bicyclic) bond motifs is 3. The van der Waals surface area contributed by atoms with Crippen LogP contribution in [0.2, 0.25) is 0 Å². The number of likely N-dealkylation sites (tertiary alicyclic amines) is 1. The molecule has 0 bridgehead atoms. The predicted molar refractivity (Wildman–Crippen MR) is 128 cm³/mol. The average molecular weight is 512 g/mol. The van der Waals surface area contributed by atoms with Crippen molar-refractivity contribution in [2.75, 3.05) is 37.4 Å². The van der Waals surface area contributed by atoms with E-state index in [1.165, 1.54) is 16.9 Å². The Kier molecular flexibility index (Phi) is 5.06. The number of nitrogens with two attached hydrogens (primary N) is 1. The number of nitrogen functional groups attached to an aromatic ring is 1. The molecule has 2 saturated heterocycles. The Morgan fingerprint density at radius 1 is 1.16 bits per heavy atom. The molecule has 37 heavy (non-hydrogen) atoms. The number of anilines is 2. The minimum Gasteiger partial charge on any atom is -0.399 e. The summed E-state index contributed by atoms with van der Waals surface area (Å²) in [6.45, 7) is 5.90. The van der Waals surface area contributed by atoms with E-state index < -0.39 is 17.8 Å². The topological polar surface area (TPSA) is 124 Å². The summed E-state index contributed by atoms with van der Waals surface area (Å²) >= 11 is 0. The van der Waals surface area contributed by atoms with Gasteiger partial charge in [-0.1, -0.05) is 0 Å². The number of pyridine rings is 1. The number of hydrogen-bond acceptors (Lipinski definition) is 8. The molecule has 1 spiro atoms. The van der Waals surface area contributed by atoms with E-state index in [-0.39, 0.29) is 17.0 Å². The number of carbonyl (C=O) groups excluding carboxylic acids is 1. The fraction of sp³-hybridized carbons (Fsp3) is 0.375. The summed E-state index contributed by atoms with van der Waals surface area (Å²) in [7, 11) is 0. The second-order valence-corrected chi connectivity index (χ2v) is 9.82. The van der Waals surface area contributed by atoms with Crippen molar-refractivity contribution in [1.82, 2.24) is 29.5 Å². The molecular weight excluding hydrogens is 489 g/mol. The van der Waals surface area contributed by atoms with Gasteiger partial charge in [-0.25, -0.2) is 15.0 Å². The van der Waals surface area contributed by atoms with E-state index in [0.29, 0.717) is 65.8 Å². The largest absolute Gasteiger partial charge is 0.416 e. The minimum atomic E-state index is -4.53. The number of carbonyl (C=O) groups is 1. The summed E-state index contributed by atoms with van der Waals surface area (Å²) in [4.78, 5) is 28.5. The zero-order valence-corrected chi connectivity index (χ0v) is 20.0. The molecule has 13 heteroatoms. The van der Waals surface area contributed by atoms with Crippen LogP contribution in [-0.4, -0.2) is 61.7 Å². The Bertz CT molecular complexity index is 1560. The third kappa shape index (κ3) is 3.89. The van der Waals surface area contributed by atoms with Crippen molar-refractivity contribution in [3.63, 3.8) is 0 Å². The van der Waals surface area contributed by atoms with Crippen molar-refractivity contribution in [2.45, 2.75) is 26.1 Å². The molecule has 2 aliphatic rings. The number of aryl methyl sites for hydroxylation is 1. The van der Waals surface area contributed by atoms with E-state index >= 15 is 0 Å². The second-order valence-electron chi connectivity index (χ2n) is 9.82. The van der Waals surface area contributed by atoms with Gasteiger partial charge in [-0.2, -0.15) is 22.8 Å². The highest BCUT2D eigenvalue weighted by atomic mass is 19.4. The number of halogens is 3. The molecule has 3 N–H and O–H groups in total. The number of ether oxygens (including phenoxy) is 1. The van der Waals surface area contributed by atoms with Crippen molar-refractivity contribution >= 4 is 34.1 Å². The lowest BCUT2D eigenvalue weighted by Crippen LogP contribution is -2.67. The van der Waals surface area contributed by atoms with E-state index in [2.05, 4.69) is 25.4 Å². The quantitative estimate of drug-likeness (QED) is 0.400. The molecule has 10 nitrogen and oxygen atoms in total. The highest BCUT2D eigenvalue weighted by Crippen LogP contribution is 2.39. The Morgan fingerprint density at radius 3 is 2.59 bits per heavy atom. The van der Waals surface area contributed by atoms with Crippen molar-refractivity contribution in [1.29, 1.82) is 0 Å². The molecule has 6 rings (SSSR count). The lowest BCUT2D eigenvalue weighted by molar-refractivity contribution is -0.176. The second kappa shape index (κ2) is 8.00.